The minimum atomic E-state index is -4.95. The number of anilines is 1. The summed E-state index contributed by atoms with van der Waals surface area (Å²) in [6, 6.07) is 0.788. The van der Waals surface area contributed by atoms with Crippen LogP contribution in [-0.4, -0.2) is 43.7 Å². The van der Waals surface area contributed by atoms with Gasteiger partial charge in [0.15, 0.2) is 21.4 Å². The number of benzene rings is 1. The smallest absolute Gasteiger partial charge is 0.451 e. The molecule has 0 bridgehead atoms. The van der Waals surface area contributed by atoms with Gasteiger partial charge in [0.1, 0.15) is 17.2 Å². The maximum atomic E-state index is 14.2. The van der Waals surface area contributed by atoms with E-state index in [0.29, 0.717) is 6.20 Å². The molecule has 0 radical (unpaired) electrons. The Hall–Kier alpha value is -3.29. The Morgan fingerprint density at radius 2 is 1.88 bits per heavy atom. The molecule has 1 amide bonds. The molecule has 33 heavy (non-hydrogen) atoms. The van der Waals surface area contributed by atoms with Gasteiger partial charge in [0, 0.05) is 30.4 Å². The molecule has 1 atom stereocenters. The minimum absolute atomic E-state index is 0.347. The number of hydrogen-bond acceptors (Lipinski definition) is 7. The number of methoxy groups -OCH3 is 1. The van der Waals surface area contributed by atoms with Gasteiger partial charge >= 0.3 is 6.18 Å². The average molecular weight is 494 g/mol. The van der Waals surface area contributed by atoms with Crippen LogP contribution in [0.3, 0.4) is 0 Å². The van der Waals surface area contributed by atoms with Gasteiger partial charge in [-0.05, 0) is 19.1 Å². The van der Waals surface area contributed by atoms with Gasteiger partial charge in [-0.15, -0.1) is 0 Å². The number of alkyl halides is 3. The SMILES string of the molecule is COc1c(F)ccc(F)c1CNc1nc(C(F)(F)F)ncc1C(=O)N[C@@H](C)/C=C/S(C)(=O)=O. The first kappa shape index (κ1) is 26.0. The second-order valence-electron chi connectivity index (χ2n) is 6.77. The van der Waals surface area contributed by atoms with Crippen molar-refractivity contribution >= 4 is 21.6 Å². The van der Waals surface area contributed by atoms with Crippen LogP contribution in [0, 0.1) is 11.6 Å². The number of amides is 1. The van der Waals surface area contributed by atoms with Gasteiger partial charge < -0.3 is 15.4 Å². The lowest BCUT2D eigenvalue weighted by Gasteiger charge is -2.16. The highest BCUT2D eigenvalue weighted by Crippen LogP contribution is 2.29. The second-order valence-corrected chi connectivity index (χ2v) is 8.70. The van der Waals surface area contributed by atoms with Gasteiger partial charge in [-0.3, -0.25) is 4.79 Å². The molecule has 1 heterocycles. The van der Waals surface area contributed by atoms with Crippen LogP contribution in [0.5, 0.6) is 5.75 Å². The second kappa shape index (κ2) is 10.1. The zero-order valence-electron chi connectivity index (χ0n) is 17.5. The summed E-state index contributed by atoms with van der Waals surface area (Å²) in [4.78, 5) is 19.0. The van der Waals surface area contributed by atoms with E-state index in [9.17, 15) is 35.2 Å². The Morgan fingerprint density at radius 1 is 1.24 bits per heavy atom. The molecule has 180 valence electrons. The van der Waals surface area contributed by atoms with E-state index in [1.54, 1.807) is 0 Å². The maximum Gasteiger partial charge on any atom is 0.451 e. The predicted octanol–water partition coefficient (Wildman–Crippen LogP) is 3.07. The van der Waals surface area contributed by atoms with Crippen LogP contribution in [0.15, 0.2) is 29.8 Å². The highest BCUT2D eigenvalue weighted by molar-refractivity contribution is 7.93. The van der Waals surface area contributed by atoms with Crippen molar-refractivity contribution in [2.45, 2.75) is 25.7 Å². The Morgan fingerprint density at radius 3 is 2.45 bits per heavy atom. The van der Waals surface area contributed by atoms with Crippen LogP contribution in [0.25, 0.3) is 0 Å². The van der Waals surface area contributed by atoms with Crippen LogP contribution in [-0.2, 0) is 22.6 Å². The molecule has 0 saturated heterocycles. The number of sulfone groups is 1. The number of aromatic nitrogens is 2. The fraction of sp³-hybridized carbons (Fsp3) is 0.316. The van der Waals surface area contributed by atoms with Crippen molar-refractivity contribution < 1.29 is 39.9 Å². The number of hydrogen-bond donors (Lipinski definition) is 2. The van der Waals surface area contributed by atoms with Crippen molar-refractivity contribution in [1.82, 2.24) is 15.3 Å². The fourth-order valence-corrected chi connectivity index (χ4v) is 3.07. The molecule has 8 nitrogen and oxygen atoms in total. The summed E-state index contributed by atoms with van der Waals surface area (Å²) in [5.41, 5.74) is -0.793. The van der Waals surface area contributed by atoms with E-state index in [-0.39, 0.29) is 5.56 Å². The average Bonchev–Trinajstić information content (AvgIpc) is 2.71. The number of nitrogens with zero attached hydrogens (tertiary/aromatic N) is 2. The number of carbonyl (C=O) groups is 1. The third-order valence-electron chi connectivity index (χ3n) is 4.05. The largest absolute Gasteiger partial charge is 0.493 e. The number of rotatable bonds is 8. The van der Waals surface area contributed by atoms with Crippen molar-refractivity contribution in [3.05, 3.63) is 58.4 Å². The van der Waals surface area contributed by atoms with Crippen molar-refractivity contribution in [2.75, 3.05) is 18.7 Å². The summed E-state index contributed by atoms with van der Waals surface area (Å²) in [5, 5.41) is 5.59. The third-order valence-corrected chi connectivity index (χ3v) is 4.70. The van der Waals surface area contributed by atoms with Crippen LogP contribution in [0.4, 0.5) is 27.8 Å². The van der Waals surface area contributed by atoms with Gasteiger partial charge in [0.2, 0.25) is 5.82 Å². The molecule has 1 aromatic carbocycles. The maximum absolute atomic E-state index is 14.2. The normalized spacial score (nSPS) is 13.1. The summed E-state index contributed by atoms with van der Waals surface area (Å²) in [7, 11) is -2.39. The molecule has 0 unspecified atom stereocenters. The van der Waals surface area contributed by atoms with Gasteiger partial charge in [-0.1, -0.05) is 6.08 Å². The first-order chi connectivity index (χ1) is 15.2. The van der Waals surface area contributed by atoms with Crippen molar-refractivity contribution in [3.63, 3.8) is 0 Å². The first-order valence-corrected chi connectivity index (χ1v) is 11.1. The molecule has 0 aliphatic heterocycles. The van der Waals surface area contributed by atoms with Crippen molar-refractivity contribution in [1.29, 1.82) is 0 Å². The molecule has 2 N–H and O–H groups in total. The van der Waals surface area contributed by atoms with Gasteiger partial charge in [0.25, 0.3) is 5.91 Å². The molecule has 2 aromatic rings. The Kier molecular flexibility index (Phi) is 7.95. The Labute approximate surface area is 185 Å². The topological polar surface area (TPSA) is 110 Å². The highest BCUT2D eigenvalue weighted by atomic mass is 32.2. The quantitative estimate of drug-likeness (QED) is 0.543. The summed E-state index contributed by atoms with van der Waals surface area (Å²) in [6.45, 7) is 0.843. The molecule has 0 saturated carbocycles. The summed E-state index contributed by atoms with van der Waals surface area (Å²) in [5.74, 6) is -5.41. The summed E-state index contributed by atoms with van der Waals surface area (Å²) >= 11 is 0. The lowest BCUT2D eigenvalue weighted by atomic mass is 10.1. The van der Waals surface area contributed by atoms with Gasteiger partial charge in [-0.25, -0.2) is 27.2 Å². The number of halogens is 5. The van der Waals surface area contributed by atoms with Crippen molar-refractivity contribution in [2.24, 2.45) is 0 Å². The lowest BCUT2D eigenvalue weighted by molar-refractivity contribution is -0.144. The fourth-order valence-electron chi connectivity index (χ4n) is 2.55. The Bertz CT molecular complexity index is 1170. The lowest BCUT2D eigenvalue weighted by Crippen LogP contribution is -2.32. The summed E-state index contributed by atoms with van der Waals surface area (Å²) < 4.78 is 94.5. The van der Waals surface area contributed by atoms with Gasteiger partial charge in [-0.2, -0.15) is 13.2 Å². The molecular formula is C19H19F5N4O4S. The number of ether oxygens (including phenoxy) is 1. The number of nitrogens with one attached hydrogen (secondary N) is 2. The molecule has 0 aliphatic carbocycles. The molecule has 2 rings (SSSR count). The molecule has 0 aliphatic rings. The van der Waals surface area contributed by atoms with E-state index in [1.807, 2.05) is 0 Å². The predicted molar refractivity (Wildman–Crippen MR) is 108 cm³/mol. The molecular weight excluding hydrogens is 475 g/mol. The molecule has 0 fully saturated rings. The van der Waals surface area contributed by atoms with E-state index in [1.165, 1.54) is 6.92 Å². The van der Waals surface area contributed by atoms with E-state index in [0.717, 1.165) is 37.0 Å². The zero-order chi connectivity index (χ0) is 25.0. The minimum Gasteiger partial charge on any atom is -0.493 e. The molecule has 1 aromatic heterocycles. The number of carbonyl (C=O) groups excluding carboxylic acids is 1. The Balaban J connectivity index is 2.39. The van der Waals surface area contributed by atoms with Crippen molar-refractivity contribution in [3.8, 4) is 5.75 Å². The van der Waals surface area contributed by atoms with E-state index < -0.39 is 69.1 Å². The standard InChI is InChI=1S/C19H19F5N4O4S/c1-10(6-7-33(3,30)31)27-17(29)12-9-26-18(19(22,23)24)28-16(12)25-8-11-13(20)4-5-14(21)15(11)32-2/h4-7,9-10H,8H2,1-3H3,(H,27,29)(H,25,26,28)/b7-6+/t10-/m0/s1. The zero-order valence-corrected chi connectivity index (χ0v) is 18.3. The van der Waals surface area contributed by atoms with Crippen LogP contribution in [0.1, 0.15) is 28.7 Å². The van der Waals surface area contributed by atoms with Gasteiger partial charge in [0.05, 0.1) is 12.7 Å². The van der Waals surface area contributed by atoms with Crippen LogP contribution < -0.4 is 15.4 Å². The molecule has 14 heteroatoms. The van der Waals surface area contributed by atoms with E-state index in [2.05, 4.69) is 20.6 Å². The van der Waals surface area contributed by atoms with Crippen LogP contribution >= 0.6 is 0 Å². The van der Waals surface area contributed by atoms with E-state index >= 15 is 0 Å². The van der Waals surface area contributed by atoms with Crippen LogP contribution in [0.2, 0.25) is 0 Å². The monoisotopic (exact) mass is 494 g/mol. The first-order valence-electron chi connectivity index (χ1n) is 9.11. The van der Waals surface area contributed by atoms with E-state index in [4.69, 9.17) is 4.74 Å². The third kappa shape index (κ3) is 7.10. The molecule has 0 spiro atoms. The summed E-state index contributed by atoms with van der Waals surface area (Å²) in [6.07, 6.45) is -2.25. The highest BCUT2D eigenvalue weighted by Gasteiger charge is 2.36.